The normalized spacial score (nSPS) is 10.6. The first-order valence-corrected chi connectivity index (χ1v) is 7.89. The number of rotatable bonds is 8. The van der Waals surface area contributed by atoms with Gasteiger partial charge in [-0.05, 0) is 32.2 Å². The summed E-state index contributed by atoms with van der Waals surface area (Å²) >= 11 is 0. The van der Waals surface area contributed by atoms with Crippen molar-refractivity contribution >= 4 is 17.6 Å². The van der Waals surface area contributed by atoms with Gasteiger partial charge in [-0.3, -0.25) is 9.69 Å². The summed E-state index contributed by atoms with van der Waals surface area (Å²) in [6.07, 6.45) is 1.44. The molecule has 1 heterocycles. The van der Waals surface area contributed by atoms with Crippen LogP contribution in [-0.2, 0) is 16.1 Å². The molecule has 7 nitrogen and oxygen atoms in total. The first-order chi connectivity index (χ1) is 12.0. The number of anilines is 1. The Labute approximate surface area is 146 Å². The third-order valence-electron chi connectivity index (χ3n) is 3.42. The second-order valence-corrected chi connectivity index (χ2v) is 5.43. The lowest BCUT2D eigenvalue weighted by molar-refractivity contribution is -0.117. The zero-order valence-corrected chi connectivity index (χ0v) is 14.6. The third kappa shape index (κ3) is 5.36. The van der Waals surface area contributed by atoms with Gasteiger partial charge in [-0.1, -0.05) is 6.07 Å². The van der Waals surface area contributed by atoms with Gasteiger partial charge in [0.15, 0.2) is 0 Å². The van der Waals surface area contributed by atoms with Gasteiger partial charge in [0, 0.05) is 11.8 Å². The van der Waals surface area contributed by atoms with E-state index in [2.05, 4.69) is 5.32 Å². The summed E-state index contributed by atoms with van der Waals surface area (Å²) in [6, 6.07) is 8.69. The van der Waals surface area contributed by atoms with Crippen molar-refractivity contribution in [2.75, 3.05) is 32.6 Å². The van der Waals surface area contributed by atoms with E-state index in [1.54, 1.807) is 56.3 Å². The van der Waals surface area contributed by atoms with Crippen LogP contribution in [0.5, 0.6) is 5.75 Å². The first-order valence-electron chi connectivity index (χ1n) is 7.89. The van der Waals surface area contributed by atoms with Gasteiger partial charge in [-0.25, -0.2) is 4.79 Å². The monoisotopic (exact) mass is 346 g/mol. The van der Waals surface area contributed by atoms with Crippen molar-refractivity contribution in [1.29, 1.82) is 0 Å². The fraction of sp³-hybridized carbons (Fsp3) is 0.333. The van der Waals surface area contributed by atoms with Gasteiger partial charge < -0.3 is 19.2 Å². The number of nitrogens with zero attached hydrogens (tertiary/aromatic N) is 1. The van der Waals surface area contributed by atoms with Crippen molar-refractivity contribution < 1.29 is 23.5 Å². The maximum Gasteiger partial charge on any atom is 0.341 e. The molecule has 0 spiro atoms. The second-order valence-electron chi connectivity index (χ2n) is 5.43. The summed E-state index contributed by atoms with van der Waals surface area (Å²) in [5.74, 6) is 0.524. The van der Waals surface area contributed by atoms with Crippen LogP contribution in [0.25, 0.3) is 0 Å². The summed E-state index contributed by atoms with van der Waals surface area (Å²) in [5, 5.41) is 2.80. The van der Waals surface area contributed by atoms with E-state index in [0.717, 1.165) is 0 Å². The van der Waals surface area contributed by atoms with E-state index in [4.69, 9.17) is 13.9 Å². The van der Waals surface area contributed by atoms with E-state index >= 15 is 0 Å². The van der Waals surface area contributed by atoms with Crippen molar-refractivity contribution in [1.82, 2.24) is 4.90 Å². The molecule has 2 aromatic rings. The Morgan fingerprint density at radius 2 is 2.08 bits per heavy atom. The van der Waals surface area contributed by atoms with E-state index < -0.39 is 5.97 Å². The van der Waals surface area contributed by atoms with Gasteiger partial charge in [0.25, 0.3) is 0 Å². The summed E-state index contributed by atoms with van der Waals surface area (Å²) in [5.41, 5.74) is 1.03. The van der Waals surface area contributed by atoms with E-state index in [-0.39, 0.29) is 12.5 Å². The Morgan fingerprint density at radius 3 is 2.80 bits per heavy atom. The predicted octanol–water partition coefficient (Wildman–Crippen LogP) is 2.54. The fourth-order valence-electron chi connectivity index (χ4n) is 2.30. The molecule has 0 radical (unpaired) electrons. The molecule has 7 heteroatoms. The summed E-state index contributed by atoms with van der Waals surface area (Å²) in [6.45, 7) is 2.49. The fourth-order valence-corrected chi connectivity index (χ4v) is 2.30. The molecule has 134 valence electrons. The van der Waals surface area contributed by atoms with Crippen LogP contribution in [0, 0.1) is 0 Å². The van der Waals surface area contributed by atoms with Gasteiger partial charge in [0.1, 0.15) is 17.1 Å². The predicted molar refractivity (Wildman–Crippen MR) is 92.6 cm³/mol. The molecule has 0 fully saturated rings. The number of hydrogen-bond acceptors (Lipinski definition) is 6. The molecule has 1 aromatic heterocycles. The first kappa shape index (κ1) is 18.5. The topological polar surface area (TPSA) is 81.0 Å². The minimum absolute atomic E-state index is 0.139. The lowest BCUT2D eigenvalue weighted by Gasteiger charge is -2.16. The summed E-state index contributed by atoms with van der Waals surface area (Å²) < 4.78 is 15.4. The van der Waals surface area contributed by atoms with Crippen LogP contribution in [0.3, 0.4) is 0 Å². The van der Waals surface area contributed by atoms with Crippen LogP contribution in [-0.4, -0.2) is 44.1 Å². The van der Waals surface area contributed by atoms with Crippen molar-refractivity contribution in [3.05, 3.63) is 47.9 Å². The highest BCUT2D eigenvalue weighted by Crippen LogP contribution is 2.17. The average Bonchev–Trinajstić information content (AvgIpc) is 3.03. The Balaban J connectivity index is 1.91. The molecule has 0 bridgehead atoms. The zero-order chi connectivity index (χ0) is 18.2. The maximum absolute atomic E-state index is 12.2. The van der Waals surface area contributed by atoms with Crippen molar-refractivity contribution in [2.24, 2.45) is 0 Å². The highest BCUT2D eigenvalue weighted by Gasteiger charge is 2.18. The molecule has 0 atom stereocenters. The highest BCUT2D eigenvalue weighted by molar-refractivity contribution is 5.92. The number of amides is 1. The minimum Gasteiger partial charge on any atom is -0.497 e. The van der Waals surface area contributed by atoms with Gasteiger partial charge in [-0.15, -0.1) is 0 Å². The van der Waals surface area contributed by atoms with Gasteiger partial charge in [0.05, 0.1) is 33.1 Å². The maximum atomic E-state index is 12.2. The number of benzene rings is 1. The van der Waals surface area contributed by atoms with Crippen LogP contribution in [0.4, 0.5) is 5.69 Å². The van der Waals surface area contributed by atoms with Crippen LogP contribution < -0.4 is 10.1 Å². The number of carbonyl (C=O) groups excluding carboxylic acids is 2. The molecule has 2 rings (SSSR count). The van der Waals surface area contributed by atoms with E-state index in [1.807, 2.05) is 0 Å². The highest BCUT2D eigenvalue weighted by atomic mass is 16.5. The molecule has 0 aliphatic carbocycles. The van der Waals surface area contributed by atoms with Gasteiger partial charge in [-0.2, -0.15) is 0 Å². The van der Waals surface area contributed by atoms with Crippen molar-refractivity contribution in [2.45, 2.75) is 13.5 Å². The van der Waals surface area contributed by atoms with Crippen molar-refractivity contribution in [3.8, 4) is 5.75 Å². The quantitative estimate of drug-likeness (QED) is 0.740. The lowest BCUT2D eigenvalue weighted by Crippen LogP contribution is -2.30. The number of carbonyl (C=O) groups is 2. The Hall–Kier alpha value is -2.80. The number of furan rings is 1. The molecule has 0 saturated heterocycles. The SMILES string of the molecule is CCOC(=O)c1ccoc1CN(C)CC(=O)Nc1cccc(OC)c1. The number of ether oxygens (including phenoxy) is 2. The molecule has 1 aromatic carbocycles. The molecule has 0 aliphatic rings. The van der Waals surface area contributed by atoms with Crippen LogP contribution in [0.1, 0.15) is 23.0 Å². The summed E-state index contributed by atoms with van der Waals surface area (Å²) in [4.78, 5) is 25.7. The number of likely N-dealkylation sites (N-methyl/N-ethyl adjacent to an activating group) is 1. The largest absolute Gasteiger partial charge is 0.497 e. The zero-order valence-electron chi connectivity index (χ0n) is 14.6. The number of nitrogens with one attached hydrogen (secondary N) is 1. The second kappa shape index (κ2) is 8.89. The molecular weight excluding hydrogens is 324 g/mol. The van der Waals surface area contributed by atoms with Crippen LogP contribution in [0.15, 0.2) is 41.0 Å². The van der Waals surface area contributed by atoms with Crippen molar-refractivity contribution in [3.63, 3.8) is 0 Å². The Bertz CT molecular complexity index is 726. The van der Waals surface area contributed by atoms with Crippen LogP contribution >= 0.6 is 0 Å². The Morgan fingerprint density at radius 1 is 1.28 bits per heavy atom. The molecule has 0 unspecified atom stereocenters. The summed E-state index contributed by atoms with van der Waals surface area (Å²) in [7, 11) is 3.34. The molecule has 25 heavy (non-hydrogen) atoms. The minimum atomic E-state index is -0.430. The lowest BCUT2D eigenvalue weighted by atomic mass is 10.2. The van der Waals surface area contributed by atoms with E-state index in [0.29, 0.717) is 35.9 Å². The molecule has 0 aliphatic heterocycles. The third-order valence-corrected chi connectivity index (χ3v) is 3.42. The molecule has 1 N–H and O–H groups in total. The smallest absolute Gasteiger partial charge is 0.341 e. The molecular formula is C18H22N2O5. The number of methoxy groups -OCH3 is 1. The van der Waals surface area contributed by atoms with E-state index in [9.17, 15) is 9.59 Å². The van der Waals surface area contributed by atoms with E-state index in [1.165, 1.54) is 6.26 Å². The number of hydrogen-bond donors (Lipinski definition) is 1. The van der Waals surface area contributed by atoms with Gasteiger partial charge >= 0.3 is 5.97 Å². The number of esters is 1. The Kier molecular flexibility index (Phi) is 6.59. The molecule has 0 saturated carbocycles. The van der Waals surface area contributed by atoms with Gasteiger partial charge in [0.2, 0.25) is 5.91 Å². The van der Waals surface area contributed by atoms with Crippen LogP contribution in [0.2, 0.25) is 0 Å². The standard InChI is InChI=1S/C18H22N2O5/c1-4-24-18(22)15-8-9-25-16(15)11-20(2)12-17(21)19-13-6-5-7-14(10-13)23-3/h5-10H,4,11-12H2,1-3H3,(H,19,21). The average molecular weight is 346 g/mol. The molecule has 1 amide bonds.